The number of amides is 2. The van der Waals surface area contributed by atoms with Gasteiger partial charge in [-0.25, -0.2) is 0 Å². The quantitative estimate of drug-likeness (QED) is 0.578. The van der Waals surface area contributed by atoms with E-state index in [-0.39, 0.29) is 11.8 Å². The first kappa shape index (κ1) is 22.0. The molecule has 0 bridgehead atoms. The molecule has 0 saturated carbocycles. The first-order valence-electron chi connectivity index (χ1n) is 9.73. The van der Waals surface area contributed by atoms with Crippen LogP contribution < -0.4 is 10.1 Å². The SMILES string of the molecule is CCCN(CCC)C(=O)CCCC(=O)NCCOc1c(C)cccc1C. The van der Waals surface area contributed by atoms with Gasteiger partial charge >= 0.3 is 0 Å². The van der Waals surface area contributed by atoms with Crippen molar-refractivity contribution in [3.63, 3.8) is 0 Å². The number of nitrogens with one attached hydrogen (secondary N) is 1. The molecule has 0 aromatic heterocycles. The van der Waals surface area contributed by atoms with Crippen LogP contribution in [0.5, 0.6) is 5.75 Å². The lowest BCUT2D eigenvalue weighted by Gasteiger charge is -2.21. The number of carbonyl (C=O) groups is 2. The second-order valence-corrected chi connectivity index (χ2v) is 6.65. The zero-order valence-corrected chi connectivity index (χ0v) is 16.8. The van der Waals surface area contributed by atoms with Crippen molar-refractivity contribution in [2.24, 2.45) is 0 Å². The van der Waals surface area contributed by atoms with Gasteiger partial charge in [0, 0.05) is 25.9 Å². The van der Waals surface area contributed by atoms with Gasteiger partial charge in [0.25, 0.3) is 0 Å². The number of carbonyl (C=O) groups excluding carboxylic acids is 2. The van der Waals surface area contributed by atoms with E-state index < -0.39 is 0 Å². The molecular formula is C21H34N2O3. The lowest BCUT2D eigenvalue weighted by Crippen LogP contribution is -2.33. The summed E-state index contributed by atoms with van der Waals surface area (Å²) in [5.74, 6) is 1.01. The van der Waals surface area contributed by atoms with Crippen LogP contribution in [-0.2, 0) is 9.59 Å². The standard InChI is InChI=1S/C21H34N2O3/c1-5-14-23(15-6-2)20(25)12-8-11-19(24)22-13-16-26-21-17(3)9-7-10-18(21)4/h7,9-10H,5-6,8,11-16H2,1-4H3,(H,22,24). The predicted octanol–water partition coefficient (Wildman–Crippen LogP) is 3.62. The van der Waals surface area contributed by atoms with Crippen LogP contribution in [0.1, 0.15) is 57.1 Å². The Labute approximate surface area is 158 Å². The molecule has 0 heterocycles. The van der Waals surface area contributed by atoms with Crippen molar-refractivity contribution in [3.8, 4) is 5.75 Å². The van der Waals surface area contributed by atoms with Crippen molar-refractivity contribution >= 4 is 11.8 Å². The van der Waals surface area contributed by atoms with E-state index in [1.165, 1.54) is 0 Å². The Morgan fingerprint density at radius 2 is 1.65 bits per heavy atom. The van der Waals surface area contributed by atoms with Crippen LogP contribution in [-0.4, -0.2) is 43.0 Å². The van der Waals surface area contributed by atoms with E-state index in [2.05, 4.69) is 19.2 Å². The van der Waals surface area contributed by atoms with Crippen molar-refractivity contribution in [1.82, 2.24) is 10.2 Å². The van der Waals surface area contributed by atoms with Crippen LogP contribution in [0.4, 0.5) is 0 Å². The lowest BCUT2D eigenvalue weighted by atomic mass is 10.1. The van der Waals surface area contributed by atoms with E-state index in [1.807, 2.05) is 36.9 Å². The molecule has 26 heavy (non-hydrogen) atoms. The summed E-state index contributed by atoms with van der Waals surface area (Å²) in [6.07, 6.45) is 3.33. The van der Waals surface area contributed by atoms with Gasteiger partial charge in [-0.1, -0.05) is 32.0 Å². The number of hydrogen-bond donors (Lipinski definition) is 1. The number of hydrogen-bond acceptors (Lipinski definition) is 3. The van der Waals surface area contributed by atoms with E-state index in [0.717, 1.165) is 42.8 Å². The van der Waals surface area contributed by atoms with Gasteiger partial charge in [-0.15, -0.1) is 0 Å². The summed E-state index contributed by atoms with van der Waals surface area (Å²) in [6.45, 7) is 10.7. The fourth-order valence-corrected chi connectivity index (χ4v) is 2.92. The van der Waals surface area contributed by atoms with Gasteiger partial charge in [-0.2, -0.15) is 0 Å². The van der Waals surface area contributed by atoms with Crippen LogP contribution >= 0.6 is 0 Å². The smallest absolute Gasteiger partial charge is 0.222 e. The number of para-hydroxylation sites is 1. The molecule has 0 spiro atoms. The molecule has 2 amide bonds. The Morgan fingerprint density at radius 1 is 1.04 bits per heavy atom. The summed E-state index contributed by atoms with van der Waals surface area (Å²) in [5, 5.41) is 2.86. The molecule has 146 valence electrons. The topological polar surface area (TPSA) is 58.6 Å². The molecule has 0 fully saturated rings. The molecule has 5 nitrogen and oxygen atoms in total. The normalized spacial score (nSPS) is 10.5. The second-order valence-electron chi connectivity index (χ2n) is 6.65. The van der Waals surface area contributed by atoms with Crippen molar-refractivity contribution in [2.45, 2.75) is 59.8 Å². The first-order chi connectivity index (χ1) is 12.5. The lowest BCUT2D eigenvalue weighted by molar-refractivity contribution is -0.131. The van der Waals surface area contributed by atoms with Gasteiger partial charge in [0.2, 0.25) is 11.8 Å². The van der Waals surface area contributed by atoms with E-state index >= 15 is 0 Å². The summed E-state index contributed by atoms with van der Waals surface area (Å²) >= 11 is 0. The molecule has 0 radical (unpaired) electrons. The molecule has 0 aliphatic rings. The zero-order chi connectivity index (χ0) is 19.4. The largest absolute Gasteiger partial charge is 0.491 e. The third-order valence-corrected chi connectivity index (χ3v) is 4.21. The first-order valence-corrected chi connectivity index (χ1v) is 9.73. The van der Waals surface area contributed by atoms with Crippen molar-refractivity contribution in [2.75, 3.05) is 26.2 Å². The summed E-state index contributed by atoms with van der Waals surface area (Å²) in [6, 6.07) is 6.03. The molecule has 0 aliphatic carbocycles. The fourth-order valence-electron chi connectivity index (χ4n) is 2.92. The van der Waals surface area contributed by atoms with Crippen molar-refractivity contribution in [3.05, 3.63) is 29.3 Å². The van der Waals surface area contributed by atoms with Crippen molar-refractivity contribution in [1.29, 1.82) is 0 Å². The Hall–Kier alpha value is -2.04. The highest BCUT2D eigenvalue weighted by Crippen LogP contribution is 2.21. The summed E-state index contributed by atoms with van der Waals surface area (Å²) in [4.78, 5) is 26.0. The summed E-state index contributed by atoms with van der Waals surface area (Å²) in [5.41, 5.74) is 2.19. The molecule has 0 atom stereocenters. The average Bonchev–Trinajstić information content (AvgIpc) is 2.60. The number of rotatable bonds is 12. The second kappa shape index (κ2) is 12.3. The third kappa shape index (κ3) is 7.89. The minimum Gasteiger partial charge on any atom is -0.491 e. The molecule has 0 aliphatic heterocycles. The Morgan fingerprint density at radius 3 is 2.23 bits per heavy atom. The fraction of sp³-hybridized carbons (Fsp3) is 0.619. The Bertz CT molecular complexity index is 546. The van der Waals surface area contributed by atoms with Gasteiger partial charge < -0.3 is 15.0 Å². The maximum atomic E-state index is 12.2. The van der Waals surface area contributed by atoms with E-state index in [1.54, 1.807) is 0 Å². The van der Waals surface area contributed by atoms with Crippen LogP contribution in [0.3, 0.4) is 0 Å². The maximum Gasteiger partial charge on any atom is 0.222 e. The molecule has 0 saturated heterocycles. The molecule has 1 aromatic carbocycles. The molecule has 1 N–H and O–H groups in total. The zero-order valence-electron chi connectivity index (χ0n) is 16.8. The van der Waals surface area contributed by atoms with Gasteiger partial charge in [0.15, 0.2) is 0 Å². The van der Waals surface area contributed by atoms with Crippen LogP contribution in [0, 0.1) is 13.8 Å². The summed E-state index contributed by atoms with van der Waals surface area (Å²) in [7, 11) is 0. The highest BCUT2D eigenvalue weighted by molar-refractivity contribution is 5.78. The number of benzene rings is 1. The number of aryl methyl sites for hydroxylation is 2. The summed E-state index contributed by atoms with van der Waals surface area (Å²) < 4.78 is 5.77. The molecule has 1 aromatic rings. The van der Waals surface area contributed by atoms with Gasteiger partial charge in [-0.05, 0) is 44.2 Å². The molecule has 5 heteroatoms. The van der Waals surface area contributed by atoms with E-state index in [4.69, 9.17) is 4.74 Å². The number of nitrogens with zero attached hydrogens (tertiary/aromatic N) is 1. The highest BCUT2D eigenvalue weighted by Gasteiger charge is 2.12. The van der Waals surface area contributed by atoms with E-state index in [0.29, 0.717) is 32.4 Å². The molecule has 1 rings (SSSR count). The van der Waals surface area contributed by atoms with Crippen LogP contribution in [0.25, 0.3) is 0 Å². The Kier molecular flexibility index (Phi) is 10.4. The van der Waals surface area contributed by atoms with Crippen LogP contribution in [0.15, 0.2) is 18.2 Å². The van der Waals surface area contributed by atoms with Crippen LogP contribution in [0.2, 0.25) is 0 Å². The minimum absolute atomic E-state index is 0.0274. The Balaban J connectivity index is 2.21. The monoisotopic (exact) mass is 362 g/mol. The number of ether oxygens (including phenoxy) is 1. The maximum absolute atomic E-state index is 12.2. The van der Waals surface area contributed by atoms with E-state index in [9.17, 15) is 9.59 Å². The third-order valence-electron chi connectivity index (χ3n) is 4.21. The minimum atomic E-state index is -0.0274. The van der Waals surface area contributed by atoms with Gasteiger partial charge in [-0.3, -0.25) is 9.59 Å². The molecular weight excluding hydrogens is 328 g/mol. The van der Waals surface area contributed by atoms with Gasteiger partial charge in [0.1, 0.15) is 12.4 Å². The van der Waals surface area contributed by atoms with Gasteiger partial charge in [0.05, 0.1) is 6.54 Å². The highest BCUT2D eigenvalue weighted by atomic mass is 16.5. The predicted molar refractivity (Wildman–Crippen MR) is 105 cm³/mol. The average molecular weight is 363 g/mol. The molecule has 0 unspecified atom stereocenters. The van der Waals surface area contributed by atoms with Crippen molar-refractivity contribution < 1.29 is 14.3 Å².